The fourth-order valence-electron chi connectivity index (χ4n) is 3.69. The van der Waals surface area contributed by atoms with Gasteiger partial charge in [0, 0.05) is 26.2 Å². The molecule has 0 spiro atoms. The van der Waals surface area contributed by atoms with E-state index in [0.717, 1.165) is 62.4 Å². The van der Waals surface area contributed by atoms with E-state index in [0.29, 0.717) is 12.3 Å². The van der Waals surface area contributed by atoms with Crippen LogP contribution in [-0.2, 0) is 25.6 Å². The fraction of sp³-hybridized carbons (Fsp3) is 0.630. The predicted octanol–water partition coefficient (Wildman–Crippen LogP) is 1.41. The van der Waals surface area contributed by atoms with E-state index >= 15 is 0 Å². The van der Waals surface area contributed by atoms with Crippen molar-refractivity contribution < 1.29 is 39.4 Å². The van der Waals surface area contributed by atoms with Crippen LogP contribution in [0.2, 0.25) is 0 Å². The largest absolute Gasteiger partial charge is 0.611 e. The molecule has 234 valence electrons. The fourth-order valence-corrected chi connectivity index (χ4v) is 5.05. The molecule has 0 radical (unpaired) electrons. The molecule has 0 fully saturated rings. The summed E-state index contributed by atoms with van der Waals surface area (Å²) in [5.41, 5.74) is -2.74. The zero-order valence-electron chi connectivity index (χ0n) is 24.5. The highest BCUT2D eigenvalue weighted by Gasteiger charge is 2.40. The van der Waals surface area contributed by atoms with Crippen LogP contribution in [-0.4, -0.2) is 133 Å². The van der Waals surface area contributed by atoms with Gasteiger partial charge in [0.1, 0.15) is 5.75 Å². The van der Waals surface area contributed by atoms with Crippen LogP contribution >= 0.6 is 12.2 Å². The number of thiocarbonyl (C=S) groups is 1. The van der Waals surface area contributed by atoms with Crippen molar-refractivity contribution in [2.24, 2.45) is 0 Å². The number of carbonyl (C=O) groups is 3. The van der Waals surface area contributed by atoms with Crippen molar-refractivity contribution in [3.8, 4) is 0 Å². The first kappa shape index (κ1) is 38.5. The normalized spacial score (nSPS) is 11.9. The lowest BCUT2D eigenvalue weighted by atomic mass is 9.96. The number of hydrogen-bond acceptors (Lipinski definition) is 8. The van der Waals surface area contributed by atoms with Crippen molar-refractivity contribution in [3.05, 3.63) is 30.3 Å². The second-order valence-electron chi connectivity index (χ2n) is 9.11. The van der Waals surface area contributed by atoms with Gasteiger partial charge in [-0.05, 0) is 61.7 Å². The molecule has 0 saturated carbocycles. The topological polar surface area (TPSA) is 177 Å². The van der Waals surface area contributed by atoms with E-state index in [1.807, 2.05) is 30.3 Å². The Labute approximate surface area is 251 Å². The summed E-state index contributed by atoms with van der Waals surface area (Å²) in [4.78, 5) is 38.3. The van der Waals surface area contributed by atoms with Crippen LogP contribution in [0, 0.1) is 0 Å². The van der Waals surface area contributed by atoms with Crippen molar-refractivity contribution in [3.63, 3.8) is 0 Å². The van der Waals surface area contributed by atoms with Gasteiger partial charge in [0.25, 0.3) is 0 Å². The highest BCUT2D eigenvalue weighted by Crippen LogP contribution is 2.15. The number of aliphatic hydroxyl groups is 1. The third-order valence-electron chi connectivity index (χ3n) is 6.30. The quantitative estimate of drug-likeness (QED) is 0.111. The highest BCUT2D eigenvalue weighted by atomic mass is 32.2. The van der Waals surface area contributed by atoms with Crippen molar-refractivity contribution >= 4 is 46.4 Å². The number of carboxylic acids is 3. The van der Waals surface area contributed by atoms with Gasteiger partial charge in [0.05, 0.1) is 19.4 Å². The second-order valence-corrected chi connectivity index (χ2v) is 11.1. The highest BCUT2D eigenvalue weighted by molar-refractivity contribution is 7.91. The number of nitrogens with one attached hydrogen (secondary N) is 1. The van der Waals surface area contributed by atoms with Gasteiger partial charge in [0.15, 0.2) is 15.6 Å². The first-order valence-electron chi connectivity index (χ1n) is 13.6. The second kappa shape index (κ2) is 21.2. The van der Waals surface area contributed by atoms with Gasteiger partial charge in [-0.25, -0.2) is 4.79 Å². The smallest absolute Gasteiger partial charge is 0.336 e. The maximum Gasteiger partial charge on any atom is 0.336 e. The third-order valence-corrected chi connectivity index (χ3v) is 8.06. The summed E-state index contributed by atoms with van der Waals surface area (Å²) >= 11 is 4.67. The van der Waals surface area contributed by atoms with Gasteiger partial charge in [0.2, 0.25) is 0 Å². The van der Waals surface area contributed by atoms with E-state index < -0.39 is 47.5 Å². The molecule has 1 aromatic carbocycles. The average Bonchev–Trinajstić information content (AvgIpc) is 2.92. The van der Waals surface area contributed by atoms with Crippen LogP contribution in [0.1, 0.15) is 40.5 Å². The number of nitrogens with zero attached hydrogens (tertiary/aromatic N) is 3. The standard InChI is InChI=1S/C21H38N4OS2.C6H8O7/c1-5-23(6-2)15-14-22-21(27)25(17-16-24(7-3)8-4)18-19-28(26)20-12-10-9-11-13-20;7-3(8)1-6(13,5(11)12)2-4(9)10/h9-13H,5-8,14-19H2,1-4H3,(H,22,27);13H,1-2H2,(H,7,8)(H,9,10)(H,11,12). The number of rotatable bonds is 19. The Morgan fingerprint density at radius 2 is 1.34 bits per heavy atom. The molecule has 5 N–H and O–H groups in total. The van der Waals surface area contributed by atoms with Crippen LogP contribution in [0.15, 0.2) is 35.2 Å². The Bertz CT molecular complexity index is 902. The van der Waals surface area contributed by atoms with Crippen molar-refractivity contribution in [2.75, 3.05) is 64.7 Å². The SMILES string of the molecule is CCN(CC)CCNC(=S)N(CCN(CC)CC)CC[S+]([O-])c1ccccc1.O=C(O)CC(O)(CC(=O)O)C(=O)O. The molecule has 12 nitrogen and oxygen atoms in total. The van der Waals surface area contributed by atoms with E-state index in [-0.39, 0.29) is 0 Å². The Morgan fingerprint density at radius 1 is 0.854 bits per heavy atom. The average molecular weight is 619 g/mol. The van der Waals surface area contributed by atoms with Crippen LogP contribution in [0.4, 0.5) is 0 Å². The molecule has 0 saturated heterocycles. The van der Waals surface area contributed by atoms with Crippen molar-refractivity contribution in [1.82, 2.24) is 20.0 Å². The minimum Gasteiger partial charge on any atom is -0.611 e. The minimum atomic E-state index is -2.74. The number of hydrogen-bond donors (Lipinski definition) is 5. The summed E-state index contributed by atoms with van der Waals surface area (Å²) in [6, 6.07) is 9.68. The Hall–Kier alpha value is -2.49. The van der Waals surface area contributed by atoms with E-state index in [4.69, 9.17) is 32.6 Å². The van der Waals surface area contributed by atoms with Gasteiger partial charge in [-0.3, -0.25) is 9.59 Å². The Balaban J connectivity index is 0.00000103. The number of benzene rings is 1. The molecule has 0 bridgehead atoms. The zero-order chi connectivity index (χ0) is 31.4. The van der Waals surface area contributed by atoms with Gasteiger partial charge in [-0.1, -0.05) is 45.9 Å². The molecular formula is C27H46N4O8S2. The summed E-state index contributed by atoms with van der Waals surface area (Å²) in [5, 5.41) is 38.0. The summed E-state index contributed by atoms with van der Waals surface area (Å²) in [6.07, 6.45) is -2.29. The lowest BCUT2D eigenvalue weighted by Crippen LogP contribution is -2.47. The molecule has 14 heteroatoms. The first-order chi connectivity index (χ1) is 19.3. The Kier molecular flexibility index (Phi) is 20.0. The number of aliphatic carboxylic acids is 3. The molecule has 1 aromatic rings. The van der Waals surface area contributed by atoms with Gasteiger partial charge >= 0.3 is 17.9 Å². The summed E-state index contributed by atoms with van der Waals surface area (Å²) in [5.74, 6) is -4.44. The molecule has 1 atom stereocenters. The van der Waals surface area contributed by atoms with E-state index in [2.05, 4.69) is 47.7 Å². The summed E-state index contributed by atoms with van der Waals surface area (Å²) in [7, 11) is 0. The van der Waals surface area contributed by atoms with Crippen molar-refractivity contribution in [2.45, 2.75) is 51.0 Å². The molecule has 1 rings (SSSR count). The van der Waals surface area contributed by atoms with Crippen molar-refractivity contribution in [1.29, 1.82) is 0 Å². The summed E-state index contributed by atoms with van der Waals surface area (Å²) in [6.45, 7) is 17.2. The first-order valence-corrected chi connectivity index (χ1v) is 15.4. The van der Waals surface area contributed by atoms with E-state index in [9.17, 15) is 18.9 Å². The molecule has 0 aromatic heterocycles. The number of likely N-dealkylation sites (N-methyl/N-ethyl adjacent to an activating group) is 2. The van der Waals surface area contributed by atoms with E-state index in [1.54, 1.807) is 0 Å². The monoisotopic (exact) mass is 618 g/mol. The number of carboxylic acid groups (broad SMARTS) is 3. The van der Waals surface area contributed by atoms with E-state index in [1.165, 1.54) is 0 Å². The third kappa shape index (κ3) is 16.5. The molecule has 0 amide bonds. The zero-order valence-corrected chi connectivity index (χ0v) is 26.1. The molecule has 0 aliphatic carbocycles. The maximum absolute atomic E-state index is 12.6. The van der Waals surface area contributed by atoms with Crippen LogP contribution in [0.25, 0.3) is 0 Å². The Morgan fingerprint density at radius 3 is 1.78 bits per heavy atom. The maximum atomic E-state index is 12.6. The molecule has 1 unspecified atom stereocenters. The van der Waals surface area contributed by atoms with Crippen LogP contribution < -0.4 is 5.32 Å². The van der Waals surface area contributed by atoms with Gasteiger partial charge in [-0.2, -0.15) is 0 Å². The lowest BCUT2D eigenvalue weighted by Gasteiger charge is -2.29. The molecule has 0 aliphatic heterocycles. The molecule has 0 aliphatic rings. The predicted molar refractivity (Wildman–Crippen MR) is 163 cm³/mol. The minimum absolute atomic E-state index is 0.583. The van der Waals surface area contributed by atoms with Gasteiger partial charge in [-0.15, -0.1) is 0 Å². The van der Waals surface area contributed by atoms with Crippen LogP contribution in [0.3, 0.4) is 0 Å². The molecule has 41 heavy (non-hydrogen) atoms. The lowest BCUT2D eigenvalue weighted by molar-refractivity contribution is -0.170. The van der Waals surface area contributed by atoms with Crippen LogP contribution in [0.5, 0.6) is 0 Å². The molecular weight excluding hydrogens is 572 g/mol. The summed E-state index contributed by atoms with van der Waals surface area (Å²) < 4.78 is 12.6. The van der Waals surface area contributed by atoms with Gasteiger partial charge < -0.3 is 45.0 Å². The molecule has 0 heterocycles.